The Morgan fingerprint density at radius 1 is 1.19 bits per heavy atom. The van der Waals surface area contributed by atoms with Crippen molar-refractivity contribution in [3.63, 3.8) is 0 Å². The minimum atomic E-state index is 0.236. The van der Waals surface area contributed by atoms with Crippen LogP contribution in [0.25, 0.3) is 0 Å². The van der Waals surface area contributed by atoms with E-state index in [0.717, 1.165) is 16.8 Å². The Bertz CT molecular complexity index is 1060. The number of ether oxygens (including phenoxy) is 2. The summed E-state index contributed by atoms with van der Waals surface area (Å²) in [6.45, 7) is 5.05. The number of nitrogens with one attached hydrogen (secondary N) is 1. The summed E-state index contributed by atoms with van der Waals surface area (Å²) >= 11 is 6.64. The van der Waals surface area contributed by atoms with Crippen LogP contribution in [0.15, 0.2) is 53.8 Å². The first-order valence-electron chi connectivity index (χ1n) is 10.5. The van der Waals surface area contributed by atoms with Gasteiger partial charge in [-0.2, -0.15) is 15.1 Å². The molecule has 0 radical (unpaired) electrons. The summed E-state index contributed by atoms with van der Waals surface area (Å²) in [5, 5.41) is 4.70. The molecule has 0 saturated carbocycles. The van der Waals surface area contributed by atoms with Crippen molar-refractivity contribution in [2.75, 3.05) is 43.2 Å². The van der Waals surface area contributed by atoms with Crippen LogP contribution in [0.1, 0.15) is 16.8 Å². The molecule has 0 atom stereocenters. The third-order valence-corrected chi connectivity index (χ3v) is 5.21. The number of halogens is 1. The van der Waals surface area contributed by atoms with Crippen LogP contribution in [0.4, 0.5) is 11.6 Å². The van der Waals surface area contributed by atoms with Crippen LogP contribution in [0, 0.1) is 6.92 Å². The Morgan fingerprint density at radius 3 is 2.84 bits per heavy atom. The smallest absolute Gasteiger partial charge is 0.320 e. The van der Waals surface area contributed by atoms with E-state index in [2.05, 4.69) is 30.4 Å². The van der Waals surface area contributed by atoms with Gasteiger partial charge in [-0.3, -0.25) is 10.4 Å². The summed E-state index contributed by atoms with van der Waals surface area (Å²) in [6, 6.07) is 14.1. The fourth-order valence-electron chi connectivity index (χ4n) is 3.25. The van der Waals surface area contributed by atoms with Crippen molar-refractivity contribution in [1.29, 1.82) is 0 Å². The molecular weight excluding hydrogens is 428 g/mol. The average Bonchev–Trinajstić information content (AvgIpc) is 2.82. The molecule has 1 aliphatic heterocycles. The molecule has 3 heterocycles. The Kier molecular flexibility index (Phi) is 7.47. The summed E-state index contributed by atoms with van der Waals surface area (Å²) in [7, 11) is 0. The first-order chi connectivity index (χ1) is 15.7. The van der Waals surface area contributed by atoms with Gasteiger partial charge in [-0.25, -0.2) is 0 Å². The molecule has 1 saturated heterocycles. The van der Waals surface area contributed by atoms with E-state index in [9.17, 15) is 0 Å². The van der Waals surface area contributed by atoms with Gasteiger partial charge in [-0.1, -0.05) is 47.5 Å². The van der Waals surface area contributed by atoms with Crippen LogP contribution in [0.5, 0.6) is 6.01 Å². The zero-order valence-corrected chi connectivity index (χ0v) is 18.6. The Hall–Kier alpha value is -3.23. The van der Waals surface area contributed by atoms with E-state index in [0.29, 0.717) is 56.0 Å². The van der Waals surface area contributed by atoms with Gasteiger partial charge < -0.3 is 14.4 Å². The van der Waals surface area contributed by atoms with Crippen LogP contribution in [0.2, 0.25) is 5.02 Å². The van der Waals surface area contributed by atoms with Crippen molar-refractivity contribution in [2.45, 2.75) is 13.3 Å². The molecule has 2 aromatic heterocycles. The Labute approximate surface area is 192 Å². The lowest BCUT2D eigenvalue weighted by atomic mass is 10.2. The van der Waals surface area contributed by atoms with Crippen LogP contribution in [-0.4, -0.2) is 54.1 Å². The maximum absolute atomic E-state index is 6.64. The van der Waals surface area contributed by atoms with Crippen molar-refractivity contribution in [3.8, 4) is 6.01 Å². The number of benzene rings is 1. The molecule has 0 unspecified atom stereocenters. The van der Waals surface area contributed by atoms with Crippen LogP contribution < -0.4 is 15.1 Å². The van der Waals surface area contributed by atoms with Crippen molar-refractivity contribution < 1.29 is 9.47 Å². The summed E-state index contributed by atoms with van der Waals surface area (Å²) in [5.41, 5.74) is 6.02. The summed E-state index contributed by atoms with van der Waals surface area (Å²) < 4.78 is 11.3. The Morgan fingerprint density at radius 2 is 2.06 bits per heavy atom. The second kappa shape index (κ2) is 10.9. The van der Waals surface area contributed by atoms with Crippen molar-refractivity contribution in [1.82, 2.24) is 15.0 Å². The number of hydrogen-bond acceptors (Lipinski definition) is 8. The molecule has 0 bridgehead atoms. The first-order valence-corrected chi connectivity index (χ1v) is 10.9. The quantitative estimate of drug-likeness (QED) is 0.411. The minimum Gasteiger partial charge on any atom is -0.463 e. The molecule has 1 aliphatic rings. The van der Waals surface area contributed by atoms with Crippen LogP contribution in [0.3, 0.4) is 0 Å². The maximum Gasteiger partial charge on any atom is 0.320 e. The zero-order chi connectivity index (χ0) is 22.2. The lowest BCUT2D eigenvalue weighted by Gasteiger charge is -2.28. The minimum absolute atomic E-state index is 0.236. The van der Waals surface area contributed by atoms with E-state index in [4.69, 9.17) is 21.1 Å². The molecule has 1 aromatic carbocycles. The molecule has 0 amide bonds. The van der Waals surface area contributed by atoms with E-state index in [1.807, 2.05) is 49.4 Å². The first kappa shape index (κ1) is 22.0. The molecule has 1 fully saturated rings. The van der Waals surface area contributed by atoms with E-state index < -0.39 is 0 Å². The van der Waals surface area contributed by atoms with Crippen molar-refractivity contribution in [2.24, 2.45) is 5.10 Å². The molecule has 0 spiro atoms. The molecule has 1 N–H and O–H groups in total. The fourth-order valence-corrected chi connectivity index (χ4v) is 3.50. The number of aryl methyl sites for hydroxylation is 1. The van der Waals surface area contributed by atoms with Gasteiger partial charge in [-0.05, 0) is 24.6 Å². The topological polar surface area (TPSA) is 84.8 Å². The third kappa shape index (κ3) is 5.93. The standard InChI is InChI=1S/C23H25ClN6O2/c1-17-5-4-6-18(15-17)16-26-29-21-20(24)22(30-10-13-31-14-11-30)28-23(27-21)32-12-8-19-7-2-3-9-25-19/h2-7,9,15-16H,8,10-14H2,1H3,(H,27,28,29). The zero-order valence-electron chi connectivity index (χ0n) is 17.9. The monoisotopic (exact) mass is 452 g/mol. The van der Waals surface area contributed by atoms with E-state index in [1.54, 1.807) is 12.4 Å². The molecule has 9 heteroatoms. The largest absolute Gasteiger partial charge is 0.463 e. The highest BCUT2D eigenvalue weighted by molar-refractivity contribution is 6.35. The number of aromatic nitrogens is 3. The predicted octanol–water partition coefficient (Wildman–Crippen LogP) is 3.74. The molecule has 166 valence electrons. The summed E-state index contributed by atoms with van der Waals surface area (Å²) in [6.07, 6.45) is 4.13. The lowest BCUT2D eigenvalue weighted by molar-refractivity contribution is 0.122. The third-order valence-electron chi connectivity index (χ3n) is 4.87. The maximum atomic E-state index is 6.64. The highest BCUT2D eigenvalue weighted by Crippen LogP contribution is 2.32. The van der Waals surface area contributed by atoms with Crippen molar-refractivity contribution in [3.05, 3.63) is 70.5 Å². The number of rotatable bonds is 8. The van der Waals surface area contributed by atoms with Gasteiger partial charge in [0.1, 0.15) is 5.02 Å². The molecule has 0 aliphatic carbocycles. The highest BCUT2D eigenvalue weighted by Gasteiger charge is 2.21. The molecular formula is C23H25ClN6O2. The molecule has 4 rings (SSSR count). The van der Waals surface area contributed by atoms with E-state index in [1.165, 1.54) is 0 Å². The van der Waals surface area contributed by atoms with E-state index in [-0.39, 0.29) is 6.01 Å². The Balaban J connectivity index is 1.52. The second-order valence-electron chi connectivity index (χ2n) is 7.30. The summed E-state index contributed by atoms with van der Waals surface area (Å²) in [4.78, 5) is 15.4. The normalized spacial score (nSPS) is 14.0. The molecule has 32 heavy (non-hydrogen) atoms. The van der Waals surface area contributed by atoms with Gasteiger partial charge in [0, 0.05) is 31.4 Å². The number of hydrazone groups is 1. The number of anilines is 2. The number of nitrogens with zero attached hydrogens (tertiary/aromatic N) is 5. The van der Waals surface area contributed by atoms with Crippen molar-refractivity contribution >= 4 is 29.5 Å². The van der Waals surface area contributed by atoms with Gasteiger partial charge in [0.15, 0.2) is 11.6 Å². The highest BCUT2D eigenvalue weighted by atomic mass is 35.5. The average molecular weight is 453 g/mol. The van der Waals surface area contributed by atoms with Gasteiger partial charge in [0.05, 0.1) is 26.0 Å². The van der Waals surface area contributed by atoms with E-state index >= 15 is 0 Å². The lowest BCUT2D eigenvalue weighted by Crippen LogP contribution is -2.37. The number of pyridine rings is 1. The van der Waals surface area contributed by atoms with Gasteiger partial charge >= 0.3 is 6.01 Å². The van der Waals surface area contributed by atoms with Gasteiger partial charge in [0.25, 0.3) is 0 Å². The molecule has 3 aromatic rings. The van der Waals surface area contributed by atoms with Crippen LogP contribution in [-0.2, 0) is 11.2 Å². The SMILES string of the molecule is Cc1cccc(C=NNc2nc(OCCc3ccccn3)nc(N3CCOCC3)c2Cl)c1. The predicted molar refractivity (Wildman–Crippen MR) is 126 cm³/mol. The number of hydrogen-bond donors (Lipinski definition) is 1. The van der Waals surface area contributed by atoms with Crippen LogP contribution >= 0.6 is 11.6 Å². The molecule has 8 nitrogen and oxygen atoms in total. The number of morpholine rings is 1. The second-order valence-corrected chi connectivity index (χ2v) is 7.67. The summed E-state index contributed by atoms with van der Waals surface area (Å²) in [5.74, 6) is 0.992. The fraction of sp³-hybridized carbons (Fsp3) is 0.304. The van der Waals surface area contributed by atoms with Gasteiger partial charge in [-0.15, -0.1) is 0 Å². The van der Waals surface area contributed by atoms with Gasteiger partial charge in [0.2, 0.25) is 0 Å².